The summed E-state index contributed by atoms with van der Waals surface area (Å²) in [6, 6.07) is 8.26. The first-order valence-electron chi connectivity index (χ1n) is 6.73. The van der Waals surface area contributed by atoms with Gasteiger partial charge in [-0.2, -0.15) is 0 Å². The lowest BCUT2D eigenvalue weighted by Gasteiger charge is -2.05. The van der Waals surface area contributed by atoms with Crippen molar-refractivity contribution in [2.45, 2.75) is 21.8 Å². The Bertz CT molecular complexity index is 879. The quantitative estimate of drug-likeness (QED) is 0.283. The van der Waals surface area contributed by atoms with Crippen LogP contribution in [0.25, 0.3) is 0 Å². The highest BCUT2D eigenvalue weighted by Gasteiger charge is 2.07. The van der Waals surface area contributed by atoms with Crippen molar-refractivity contribution in [2.75, 3.05) is 11.7 Å². The third kappa shape index (κ3) is 3.83. The van der Waals surface area contributed by atoms with Gasteiger partial charge in [-0.15, -0.1) is 10.2 Å². The van der Waals surface area contributed by atoms with Gasteiger partial charge in [0, 0.05) is 11.5 Å². The Morgan fingerprint density at radius 2 is 1.38 bits per heavy atom. The van der Waals surface area contributed by atoms with Gasteiger partial charge in [0.2, 0.25) is 19.9 Å². The van der Waals surface area contributed by atoms with E-state index in [1.54, 1.807) is 0 Å². The van der Waals surface area contributed by atoms with Gasteiger partial charge in [-0.3, -0.25) is 0 Å². The summed E-state index contributed by atoms with van der Waals surface area (Å²) in [6.45, 7) is 0. The van der Waals surface area contributed by atoms with Gasteiger partial charge in [-0.05, 0) is 35.6 Å². The molecule has 1 aromatic carbocycles. The fourth-order valence-electron chi connectivity index (χ4n) is 1.89. The zero-order valence-electron chi connectivity index (χ0n) is 12.3. The van der Waals surface area contributed by atoms with Gasteiger partial charge in [-0.25, -0.2) is 19.5 Å². The summed E-state index contributed by atoms with van der Waals surface area (Å²) in [5, 5.41) is 14.8. The second kappa shape index (κ2) is 7.42. The van der Waals surface area contributed by atoms with Crippen molar-refractivity contribution in [1.29, 1.82) is 0 Å². The summed E-state index contributed by atoms with van der Waals surface area (Å²) in [5.74, 6) is 13.1. The predicted octanol–water partition coefficient (Wildman–Crippen LogP) is 2.21. The van der Waals surface area contributed by atoms with Crippen LogP contribution in [-0.4, -0.2) is 29.7 Å². The van der Waals surface area contributed by atoms with Crippen LogP contribution in [0.15, 0.2) is 34.6 Å². The Kier molecular flexibility index (Phi) is 5.28. The van der Waals surface area contributed by atoms with Crippen LogP contribution in [0, 0.1) is 9.54 Å². The molecule has 126 valence electrons. The maximum atomic E-state index is 5.79. The van der Waals surface area contributed by atoms with Crippen molar-refractivity contribution in [3.05, 3.63) is 44.9 Å². The van der Waals surface area contributed by atoms with Crippen molar-refractivity contribution in [1.82, 2.24) is 29.7 Å². The number of hydrogen-bond acceptors (Lipinski definition) is 8. The minimum atomic E-state index is 0.401. The molecule has 0 aliphatic heterocycles. The third-order valence-electron chi connectivity index (χ3n) is 3.07. The number of nitrogens with two attached hydrogens (primary N) is 2. The van der Waals surface area contributed by atoms with E-state index >= 15 is 0 Å². The molecule has 0 amide bonds. The first-order valence-corrected chi connectivity index (χ1v) is 9.52. The standard InChI is InChI=1S/C12H14N8S4/c13-19-9(21)15-17-11(19)23-5-7-2-1-3-8(4-7)6-24-12-18-16-10(22)20(12)14/h1-4H,5-6,13-14H2,(H,15,21)(H,16,22). The van der Waals surface area contributed by atoms with Crippen LogP contribution in [0.4, 0.5) is 0 Å². The van der Waals surface area contributed by atoms with Crippen molar-refractivity contribution in [2.24, 2.45) is 0 Å². The summed E-state index contributed by atoms with van der Waals surface area (Å²) in [4.78, 5) is 0. The van der Waals surface area contributed by atoms with E-state index in [2.05, 4.69) is 38.6 Å². The number of benzene rings is 1. The van der Waals surface area contributed by atoms with Crippen molar-refractivity contribution in [3.63, 3.8) is 0 Å². The molecule has 0 spiro atoms. The van der Waals surface area contributed by atoms with Crippen LogP contribution in [0.3, 0.4) is 0 Å². The van der Waals surface area contributed by atoms with Crippen LogP contribution in [0.5, 0.6) is 0 Å². The minimum Gasteiger partial charge on any atom is -0.335 e. The molecule has 0 saturated heterocycles. The van der Waals surface area contributed by atoms with Crippen molar-refractivity contribution < 1.29 is 0 Å². The Morgan fingerprint density at radius 1 is 0.917 bits per heavy atom. The van der Waals surface area contributed by atoms with E-state index in [9.17, 15) is 0 Å². The number of aromatic amines is 2. The number of nitrogens with zero attached hydrogens (tertiary/aromatic N) is 4. The molecule has 0 aliphatic carbocycles. The van der Waals surface area contributed by atoms with E-state index < -0.39 is 0 Å². The predicted molar refractivity (Wildman–Crippen MR) is 101 cm³/mol. The van der Waals surface area contributed by atoms with Crippen LogP contribution < -0.4 is 11.7 Å². The Labute approximate surface area is 156 Å². The summed E-state index contributed by atoms with van der Waals surface area (Å²) >= 11 is 13.0. The number of aromatic nitrogens is 6. The molecule has 0 bridgehead atoms. The molecule has 3 rings (SSSR count). The molecule has 24 heavy (non-hydrogen) atoms. The van der Waals surface area contributed by atoms with Gasteiger partial charge in [0.05, 0.1) is 0 Å². The lowest BCUT2D eigenvalue weighted by molar-refractivity contribution is 0.839. The summed E-state index contributed by atoms with van der Waals surface area (Å²) < 4.78 is 3.53. The fraction of sp³-hybridized carbons (Fsp3) is 0.167. The Morgan fingerprint density at radius 3 is 1.75 bits per heavy atom. The second-order valence-corrected chi connectivity index (χ2v) is 7.42. The van der Waals surface area contributed by atoms with Gasteiger partial charge in [0.25, 0.3) is 0 Å². The molecule has 12 heteroatoms. The van der Waals surface area contributed by atoms with Crippen molar-refractivity contribution in [3.8, 4) is 0 Å². The molecule has 0 atom stereocenters. The number of thioether (sulfide) groups is 2. The molecule has 0 radical (unpaired) electrons. The molecule has 0 fully saturated rings. The van der Waals surface area contributed by atoms with Gasteiger partial charge >= 0.3 is 0 Å². The third-order valence-corrected chi connectivity index (χ3v) is 5.70. The van der Waals surface area contributed by atoms with Gasteiger partial charge in [0.15, 0.2) is 0 Å². The maximum absolute atomic E-state index is 5.79. The number of H-pyrrole nitrogens is 2. The maximum Gasteiger partial charge on any atom is 0.214 e. The molecule has 8 nitrogen and oxygen atoms in total. The highest BCUT2D eigenvalue weighted by molar-refractivity contribution is 7.98. The van der Waals surface area contributed by atoms with Crippen molar-refractivity contribution >= 4 is 48.0 Å². The van der Waals surface area contributed by atoms with Crippen LogP contribution in [0.2, 0.25) is 0 Å². The smallest absolute Gasteiger partial charge is 0.214 e. The first-order chi connectivity index (χ1) is 11.5. The number of nitrogen functional groups attached to an aromatic ring is 2. The molecule has 3 aromatic rings. The molecule has 2 heterocycles. The number of rotatable bonds is 6. The molecule has 6 N–H and O–H groups in total. The van der Waals surface area contributed by atoms with Gasteiger partial charge in [-0.1, -0.05) is 47.8 Å². The topological polar surface area (TPSA) is 119 Å². The molecular weight excluding hydrogens is 384 g/mol. The first kappa shape index (κ1) is 17.1. The summed E-state index contributed by atoms with van der Waals surface area (Å²) in [6.07, 6.45) is 0. The number of hydrogen-bond donors (Lipinski definition) is 4. The monoisotopic (exact) mass is 398 g/mol. The Balaban J connectivity index is 1.63. The van der Waals surface area contributed by atoms with Crippen LogP contribution >= 0.6 is 48.0 Å². The van der Waals surface area contributed by atoms with E-state index in [4.69, 9.17) is 36.1 Å². The molecule has 0 saturated carbocycles. The van der Waals surface area contributed by atoms with Gasteiger partial charge < -0.3 is 11.7 Å². The van der Waals surface area contributed by atoms with E-state index in [1.165, 1.54) is 44.0 Å². The largest absolute Gasteiger partial charge is 0.335 e. The van der Waals surface area contributed by atoms with Crippen LogP contribution in [-0.2, 0) is 11.5 Å². The molecule has 0 aliphatic rings. The average molecular weight is 399 g/mol. The van der Waals surface area contributed by atoms with E-state index in [0.29, 0.717) is 19.9 Å². The SMILES string of the molecule is Nn1c(SCc2cccc(CSc3n[nH]c(=S)n3N)c2)n[nH]c1=S. The molecular formula is C12H14N8S4. The highest BCUT2D eigenvalue weighted by atomic mass is 32.2. The van der Waals surface area contributed by atoms with E-state index in [-0.39, 0.29) is 0 Å². The lowest BCUT2D eigenvalue weighted by atomic mass is 10.2. The summed E-state index contributed by atoms with van der Waals surface area (Å²) in [7, 11) is 0. The number of nitrogens with one attached hydrogen (secondary N) is 2. The second-order valence-electron chi connectivity index (χ2n) is 4.76. The van der Waals surface area contributed by atoms with E-state index in [1.807, 2.05) is 6.07 Å². The molecule has 2 aromatic heterocycles. The molecule has 0 unspecified atom stereocenters. The lowest BCUT2D eigenvalue weighted by Crippen LogP contribution is -2.09. The van der Waals surface area contributed by atoms with Crippen LogP contribution in [0.1, 0.15) is 11.1 Å². The van der Waals surface area contributed by atoms with Gasteiger partial charge in [0.1, 0.15) is 0 Å². The summed E-state index contributed by atoms with van der Waals surface area (Å²) in [5.41, 5.74) is 2.33. The zero-order valence-corrected chi connectivity index (χ0v) is 15.6. The normalized spacial score (nSPS) is 11.0. The fourth-order valence-corrected chi connectivity index (χ4v) is 3.90. The zero-order chi connectivity index (χ0) is 17.1. The van der Waals surface area contributed by atoms with E-state index in [0.717, 1.165) is 11.5 Å². The highest BCUT2D eigenvalue weighted by Crippen LogP contribution is 2.23. The average Bonchev–Trinajstić information content (AvgIpc) is 3.08. The minimum absolute atomic E-state index is 0.401. The Hall–Kier alpha value is -1.76.